The van der Waals surface area contributed by atoms with Crippen LogP contribution in [0.1, 0.15) is 43.8 Å². The summed E-state index contributed by atoms with van der Waals surface area (Å²) in [6.45, 7) is 0.975. The molecule has 1 fully saturated rings. The second kappa shape index (κ2) is 6.96. The highest BCUT2D eigenvalue weighted by molar-refractivity contribution is 5.22. The molecule has 1 aromatic carbocycles. The number of hydrogen-bond acceptors (Lipinski definition) is 2. The van der Waals surface area contributed by atoms with Crippen LogP contribution in [0.25, 0.3) is 0 Å². The van der Waals surface area contributed by atoms with Crippen LogP contribution in [0.5, 0.6) is 0 Å². The van der Waals surface area contributed by atoms with Gasteiger partial charge in [-0.2, -0.15) is 0 Å². The van der Waals surface area contributed by atoms with E-state index in [1.54, 1.807) is 0 Å². The largest absolute Gasteiger partial charge is 0.387 e. The molecule has 1 aliphatic rings. The summed E-state index contributed by atoms with van der Waals surface area (Å²) in [5, 5.41) is 12.9. The lowest BCUT2D eigenvalue weighted by molar-refractivity contribution is 0.164. The molecule has 0 amide bonds. The Hall–Kier alpha value is -1.00. The van der Waals surface area contributed by atoms with E-state index < -0.39 is 17.7 Å². The molecule has 1 saturated carbocycles. The van der Waals surface area contributed by atoms with Gasteiger partial charge in [-0.3, -0.25) is 0 Å². The van der Waals surface area contributed by atoms with E-state index in [0.717, 1.165) is 18.9 Å². The summed E-state index contributed by atoms with van der Waals surface area (Å²) < 4.78 is 26.9. The van der Waals surface area contributed by atoms with Gasteiger partial charge in [0.2, 0.25) is 0 Å². The van der Waals surface area contributed by atoms with Gasteiger partial charge in [0.25, 0.3) is 0 Å². The van der Waals surface area contributed by atoms with E-state index in [0.29, 0.717) is 0 Å². The number of rotatable bonds is 6. The molecule has 1 aromatic rings. The first-order chi connectivity index (χ1) is 9.18. The maximum absolute atomic E-state index is 13.4. The summed E-state index contributed by atoms with van der Waals surface area (Å²) in [5.41, 5.74) is -0.240. The Labute approximate surface area is 112 Å². The molecule has 19 heavy (non-hydrogen) atoms. The van der Waals surface area contributed by atoms with Gasteiger partial charge in [-0.1, -0.05) is 31.7 Å². The van der Waals surface area contributed by atoms with Crippen LogP contribution in [0.3, 0.4) is 0 Å². The molecule has 2 nitrogen and oxygen atoms in total. The summed E-state index contributed by atoms with van der Waals surface area (Å²) in [4.78, 5) is 0. The summed E-state index contributed by atoms with van der Waals surface area (Å²) in [6.07, 6.45) is 5.14. The van der Waals surface area contributed by atoms with Gasteiger partial charge >= 0.3 is 0 Å². The lowest BCUT2D eigenvalue weighted by Crippen LogP contribution is -2.24. The SMILES string of the molecule is OC(CNCCC1CCCC1)c1c(F)cccc1F. The Morgan fingerprint density at radius 2 is 1.84 bits per heavy atom. The van der Waals surface area contributed by atoms with E-state index in [2.05, 4.69) is 5.32 Å². The maximum Gasteiger partial charge on any atom is 0.131 e. The minimum atomic E-state index is -1.13. The van der Waals surface area contributed by atoms with Gasteiger partial charge in [-0.15, -0.1) is 0 Å². The van der Waals surface area contributed by atoms with Crippen LogP contribution in [-0.4, -0.2) is 18.2 Å². The molecule has 0 aromatic heterocycles. The number of halogens is 2. The third kappa shape index (κ3) is 3.98. The molecular formula is C15H21F2NO. The molecule has 0 aliphatic heterocycles. The molecule has 106 valence electrons. The van der Waals surface area contributed by atoms with Crippen LogP contribution in [0.2, 0.25) is 0 Å². The second-order valence-corrected chi connectivity index (χ2v) is 5.29. The molecule has 2 N–H and O–H groups in total. The molecule has 1 unspecified atom stereocenters. The first kappa shape index (κ1) is 14.4. The highest BCUT2D eigenvalue weighted by Crippen LogP contribution is 2.27. The number of aliphatic hydroxyl groups is 1. The van der Waals surface area contributed by atoms with Crippen molar-refractivity contribution < 1.29 is 13.9 Å². The van der Waals surface area contributed by atoms with Crippen molar-refractivity contribution in [2.24, 2.45) is 5.92 Å². The molecule has 2 rings (SSSR count). The van der Waals surface area contributed by atoms with Crippen molar-refractivity contribution in [3.05, 3.63) is 35.4 Å². The van der Waals surface area contributed by atoms with Crippen molar-refractivity contribution >= 4 is 0 Å². The van der Waals surface area contributed by atoms with Gasteiger partial charge in [-0.25, -0.2) is 8.78 Å². The van der Waals surface area contributed by atoms with Crippen molar-refractivity contribution in [1.29, 1.82) is 0 Å². The fourth-order valence-corrected chi connectivity index (χ4v) is 2.78. The van der Waals surface area contributed by atoms with Gasteiger partial charge in [0.15, 0.2) is 0 Å². The topological polar surface area (TPSA) is 32.3 Å². The fraction of sp³-hybridized carbons (Fsp3) is 0.600. The first-order valence-corrected chi connectivity index (χ1v) is 7.01. The molecule has 0 spiro atoms. The summed E-state index contributed by atoms with van der Waals surface area (Å²) in [7, 11) is 0. The quantitative estimate of drug-likeness (QED) is 0.777. The Bertz CT molecular complexity index is 385. The lowest BCUT2D eigenvalue weighted by Gasteiger charge is -2.15. The Balaban J connectivity index is 1.76. The minimum Gasteiger partial charge on any atom is -0.387 e. The van der Waals surface area contributed by atoms with E-state index in [4.69, 9.17) is 0 Å². The number of hydrogen-bond donors (Lipinski definition) is 2. The zero-order valence-corrected chi connectivity index (χ0v) is 11.0. The van der Waals surface area contributed by atoms with Gasteiger partial charge in [0, 0.05) is 6.54 Å². The van der Waals surface area contributed by atoms with Crippen molar-refractivity contribution in [2.45, 2.75) is 38.2 Å². The van der Waals surface area contributed by atoms with E-state index in [-0.39, 0.29) is 12.1 Å². The standard InChI is InChI=1S/C15H21F2NO/c16-12-6-3-7-13(17)15(12)14(19)10-18-9-8-11-4-1-2-5-11/h3,6-7,11,14,18-19H,1-2,4-5,8-10H2. The van der Waals surface area contributed by atoms with Crippen molar-refractivity contribution in [3.63, 3.8) is 0 Å². The highest BCUT2D eigenvalue weighted by atomic mass is 19.1. The lowest BCUT2D eigenvalue weighted by atomic mass is 10.0. The van der Waals surface area contributed by atoms with E-state index in [1.165, 1.54) is 43.9 Å². The minimum absolute atomic E-state index is 0.185. The molecule has 0 heterocycles. The smallest absolute Gasteiger partial charge is 0.131 e. The fourth-order valence-electron chi connectivity index (χ4n) is 2.78. The monoisotopic (exact) mass is 269 g/mol. The summed E-state index contributed by atoms with van der Waals surface area (Å²) >= 11 is 0. The Morgan fingerprint density at radius 1 is 1.21 bits per heavy atom. The van der Waals surface area contributed by atoms with Gasteiger partial charge < -0.3 is 10.4 Å². The molecular weight excluding hydrogens is 248 g/mol. The van der Waals surface area contributed by atoms with Crippen LogP contribution in [0.15, 0.2) is 18.2 Å². The van der Waals surface area contributed by atoms with Gasteiger partial charge in [-0.05, 0) is 31.0 Å². The second-order valence-electron chi connectivity index (χ2n) is 5.29. The van der Waals surface area contributed by atoms with Crippen LogP contribution >= 0.6 is 0 Å². The highest BCUT2D eigenvalue weighted by Gasteiger charge is 2.18. The van der Waals surface area contributed by atoms with Crippen LogP contribution in [-0.2, 0) is 0 Å². The molecule has 0 bridgehead atoms. The number of aliphatic hydroxyl groups excluding tert-OH is 1. The van der Waals surface area contributed by atoms with Crippen LogP contribution < -0.4 is 5.32 Å². The normalized spacial score (nSPS) is 17.8. The van der Waals surface area contributed by atoms with E-state index in [1.807, 2.05) is 0 Å². The molecule has 1 aliphatic carbocycles. The van der Waals surface area contributed by atoms with Crippen LogP contribution in [0.4, 0.5) is 8.78 Å². The van der Waals surface area contributed by atoms with Crippen molar-refractivity contribution in [2.75, 3.05) is 13.1 Å². The molecule has 0 radical (unpaired) electrons. The molecule has 4 heteroatoms. The first-order valence-electron chi connectivity index (χ1n) is 7.01. The predicted molar refractivity (Wildman–Crippen MR) is 70.8 cm³/mol. The third-order valence-electron chi connectivity index (χ3n) is 3.87. The Kier molecular flexibility index (Phi) is 5.28. The third-order valence-corrected chi connectivity index (χ3v) is 3.87. The predicted octanol–water partition coefficient (Wildman–Crippen LogP) is 3.17. The summed E-state index contributed by atoms with van der Waals surface area (Å²) in [5.74, 6) is -0.606. The molecule has 1 atom stereocenters. The maximum atomic E-state index is 13.4. The van der Waals surface area contributed by atoms with Crippen molar-refractivity contribution in [3.8, 4) is 0 Å². The van der Waals surface area contributed by atoms with Crippen molar-refractivity contribution in [1.82, 2.24) is 5.32 Å². The summed E-state index contributed by atoms with van der Waals surface area (Å²) in [6, 6.07) is 3.63. The number of benzene rings is 1. The van der Waals surface area contributed by atoms with Gasteiger partial charge in [0.1, 0.15) is 11.6 Å². The van der Waals surface area contributed by atoms with E-state index in [9.17, 15) is 13.9 Å². The van der Waals surface area contributed by atoms with Crippen LogP contribution in [0, 0.1) is 17.6 Å². The zero-order chi connectivity index (χ0) is 13.7. The number of nitrogens with one attached hydrogen (secondary N) is 1. The van der Waals surface area contributed by atoms with Gasteiger partial charge in [0.05, 0.1) is 11.7 Å². The average molecular weight is 269 g/mol. The Morgan fingerprint density at radius 3 is 2.47 bits per heavy atom. The van der Waals surface area contributed by atoms with E-state index >= 15 is 0 Å². The molecule has 0 saturated heterocycles. The average Bonchev–Trinajstić information content (AvgIpc) is 2.87. The zero-order valence-electron chi connectivity index (χ0n) is 11.0.